The minimum Gasteiger partial charge on any atom is -0.357 e. The third kappa shape index (κ3) is 5.11. The fraction of sp³-hybridized carbons (Fsp3) is 0.647. The van der Waals surface area contributed by atoms with Crippen LogP contribution in [0.15, 0.2) is 18.3 Å². The molecule has 2 saturated heterocycles. The van der Waals surface area contributed by atoms with Crippen molar-refractivity contribution in [3.05, 3.63) is 23.9 Å². The Labute approximate surface area is 142 Å². The van der Waals surface area contributed by atoms with Gasteiger partial charge >= 0.3 is 0 Å². The molecule has 2 aliphatic rings. The molecule has 0 aromatic carbocycles. The molecule has 126 valence electrons. The van der Waals surface area contributed by atoms with E-state index in [0.29, 0.717) is 19.0 Å². The van der Waals surface area contributed by atoms with Crippen molar-refractivity contribution in [3.8, 4) is 0 Å². The molecule has 0 radical (unpaired) electrons. The van der Waals surface area contributed by atoms with Crippen molar-refractivity contribution in [2.24, 2.45) is 0 Å². The fourth-order valence-corrected chi connectivity index (χ4v) is 4.06. The first-order chi connectivity index (χ1) is 11.3. The molecule has 0 saturated carbocycles. The predicted octanol–water partition coefficient (Wildman–Crippen LogP) is 1.78. The molecule has 1 aromatic rings. The summed E-state index contributed by atoms with van der Waals surface area (Å²) < 4.78 is 0. The second-order valence-corrected chi connectivity index (χ2v) is 7.43. The number of thioether (sulfide) groups is 1. The van der Waals surface area contributed by atoms with Gasteiger partial charge in [0.2, 0.25) is 5.91 Å². The fourth-order valence-electron chi connectivity index (χ4n) is 3.11. The van der Waals surface area contributed by atoms with E-state index >= 15 is 0 Å². The van der Waals surface area contributed by atoms with Gasteiger partial charge in [-0.3, -0.25) is 4.79 Å². The average molecular weight is 334 g/mol. The lowest BCUT2D eigenvalue weighted by molar-refractivity contribution is -0.121. The molecular weight excluding hydrogens is 308 g/mol. The SMILES string of the molecule is O=C(CC1CSCCN1)NCc1ccnc(N2CCCCC2)c1. The molecule has 1 atom stereocenters. The Kier molecular flexibility index (Phi) is 6.16. The van der Waals surface area contributed by atoms with Crippen molar-refractivity contribution < 1.29 is 4.79 Å². The van der Waals surface area contributed by atoms with E-state index in [4.69, 9.17) is 0 Å². The third-order valence-electron chi connectivity index (χ3n) is 4.41. The van der Waals surface area contributed by atoms with E-state index in [2.05, 4.69) is 26.6 Å². The van der Waals surface area contributed by atoms with Gasteiger partial charge in [0.05, 0.1) is 0 Å². The van der Waals surface area contributed by atoms with Gasteiger partial charge in [-0.2, -0.15) is 11.8 Å². The Bertz CT molecular complexity index is 513. The molecule has 1 aromatic heterocycles. The van der Waals surface area contributed by atoms with Gasteiger partial charge in [-0.05, 0) is 37.0 Å². The van der Waals surface area contributed by atoms with Crippen LogP contribution in [0.1, 0.15) is 31.2 Å². The smallest absolute Gasteiger partial charge is 0.221 e. The molecule has 5 nitrogen and oxygen atoms in total. The largest absolute Gasteiger partial charge is 0.357 e. The van der Waals surface area contributed by atoms with Crippen LogP contribution in [0.5, 0.6) is 0 Å². The number of aromatic nitrogens is 1. The Morgan fingerprint density at radius 2 is 2.26 bits per heavy atom. The first-order valence-corrected chi connectivity index (χ1v) is 9.74. The summed E-state index contributed by atoms with van der Waals surface area (Å²) >= 11 is 1.92. The number of nitrogens with zero attached hydrogens (tertiary/aromatic N) is 2. The van der Waals surface area contributed by atoms with E-state index in [1.54, 1.807) is 0 Å². The predicted molar refractivity (Wildman–Crippen MR) is 95.9 cm³/mol. The van der Waals surface area contributed by atoms with E-state index in [1.807, 2.05) is 24.0 Å². The van der Waals surface area contributed by atoms with Gasteiger partial charge in [0.1, 0.15) is 5.82 Å². The number of nitrogens with one attached hydrogen (secondary N) is 2. The molecule has 2 fully saturated rings. The zero-order chi connectivity index (χ0) is 15.9. The minimum absolute atomic E-state index is 0.126. The van der Waals surface area contributed by atoms with Crippen LogP contribution in [-0.2, 0) is 11.3 Å². The van der Waals surface area contributed by atoms with Crippen molar-refractivity contribution in [2.75, 3.05) is 36.0 Å². The Morgan fingerprint density at radius 3 is 3.04 bits per heavy atom. The van der Waals surface area contributed by atoms with Gasteiger partial charge in [0.15, 0.2) is 0 Å². The number of anilines is 1. The molecule has 1 amide bonds. The molecule has 2 N–H and O–H groups in total. The van der Waals surface area contributed by atoms with Gasteiger partial charge in [-0.25, -0.2) is 4.98 Å². The van der Waals surface area contributed by atoms with E-state index in [-0.39, 0.29) is 5.91 Å². The minimum atomic E-state index is 0.126. The molecule has 3 heterocycles. The maximum atomic E-state index is 12.1. The summed E-state index contributed by atoms with van der Waals surface area (Å²) in [4.78, 5) is 18.9. The van der Waals surface area contributed by atoms with Gasteiger partial charge < -0.3 is 15.5 Å². The number of carbonyl (C=O) groups excluding carboxylic acids is 1. The standard InChI is InChI=1S/C17H26N4OS/c22-17(11-15-13-23-9-6-18-15)20-12-14-4-5-19-16(10-14)21-7-2-1-3-8-21/h4-5,10,15,18H,1-3,6-9,11-13H2,(H,20,22). The highest BCUT2D eigenvalue weighted by Gasteiger charge is 2.17. The molecule has 0 spiro atoms. The van der Waals surface area contributed by atoms with Crippen LogP contribution in [0, 0.1) is 0 Å². The first-order valence-electron chi connectivity index (χ1n) is 8.59. The molecular formula is C17H26N4OS. The number of hydrogen-bond acceptors (Lipinski definition) is 5. The molecule has 0 bridgehead atoms. The van der Waals surface area contributed by atoms with Crippen LogP contribution in [-0.4, -0.2) is 48.1 Å². The van der Waals surface area contributed by atoms with Gasteiger partial charge in [0.25, 0.3) is 0 Å². The molecule has 6 heteroatoms. The van der Waals surface area contributed by atoms with E-state index in [1.165, 1.54) is 19.3 Å². The quantitative estimate of drug-likeness (QED) is 0.860. The normalized spacial score (nSPS) is 21.9. The van der Waals surface area contributed by atoms with E-state index < -0.39 is 0 Å². The Balaban J connectivity index is 1.48. The lowest BCUT2D eigenvalue weighted by Gasteiger charge is -2.28. The highest BCUT2D eigenvalue weighted by atomic mass is 32.2. The topological polar surface area (TPSA) is 57.3 Å². The summed E-state index contributed by atoms with van der Waals surface area (Å²) in [5.74, 6) is 3.35. The second kappa shape index (κ2) is 8.55. The lowest BCUT2D eigenvalue weighted by atomic mass is 10.1. The molecule has 23 heavy (non-hydrogen) atoms. The van der Waals surface area contributed by atoms with Crippen molar-refractivity contribution >= 4 is 23.5 Å². The van der Waals surface area contributed by atoms with Gasteiger partial charge in [0, 0.05) is 56.3 Å². The van der Waals surface area contributed by atoms with E-state index in [0.717, 1.165) is 42.5 Å². The lowest BCUT2D eigenvalue weighted by Crippen LogP contribution is -2.41. The van der Waals surface area contributed by atoms with Crippen molar-refractivity contribution in [1.29, 1.82) is 0 Å². The summed E-state index contributed by atoms with van der Waals surface area (Å²) in [6.07, 6.45) is 6.23. The Hall–Kier alpha value is -1.27. The van der Waals surface area contributed by atoms with Crippen LogP contribution in [0.4, 0.5) is 5.82 Å². The van der Waals surface area contributed by atoms with Crippen molar-refractivity contribution in [2.45, 2.75) is 38.3 Å². The van der Waals surface area contributed by atoms with Crippen molar-refractivity contribution in [3.63, 3.8) is 0 Å². The number of amides is 1. The van der Waals surface area contributed by atoms with E-state index in [9.17, 15) is 4.79 Å². The van der Waals surface area contributed by atoms with Crippen LogP contribution in [0.25, 0.3) is 0 Å². The molecule has 1 unspecified atom stereocenters. The summed E-state index contributed by atoms with van der Waals surface area (Å²) in [5, 5.41) is 6.44. The average Bonchev–Trinajstić information content (AvgIpc) is 2.62. The highest BCUT2D eigenvalue weighted by Crippen LogP contribution is 2.18. The van der Waals surface area contributed by atoms with Crippen LogP contribution < -0.4 is 15.5 Å². The molecule has 2 aliphatic heterocycles. The summed E-state index contributed by atoms with van der Waals surface area (Å²) in [6.45, 7) is 3.77. The monoisotopic (exact) mass is 334 g/mol. The zero-order valence-corrected chi connectivity index (χ0v) is 14.4. The van der Waals surface area contributed by atoms with Crippen LogP contribution >= 0.6 is 11.8 Å². The highest BCUT2D eigenvalue weighted by molar-refractivity contribution is 7.99. The Morgan fingerprint density at radius 1 is 1.39 bits per heavy atom. The summed E-state index contributed by atoms with van der Waals surface area (Å²) in [7, 11) is 0. The van der Waals surface area contributed by atoms with Crippen LogP contribution in [0.3, 0.4) is 0 Å². The first kappa shape index (κ1) is 16.6. The maximum absolute atomic E-state index is 12.1. The van der Waals surface area contributed by atoms with Gasteiger partial charge in [-0.1, -0.05) is 0 Å². The molecule has 3 rings (SSSR count). The molecule has 0 aliphatic carbocycles. The summed E-state index contributed by atoms with van der Waals surface area (Å²) in [5.41, 5.74) is 1.12. The number of rotatable bonds is 5. The number of piperidine rings is 1. The van der Waals surface area contributed by atoms with Gasteiger partial charge in [-0.15, -0.1) is 0 Å². The number of carbonyl (C=O) groups is 1. The van der Waals surface area contributed by atoms with Crippen LogP contribution in [0.2, 0.25) is 0 Å². The van der Waals surface area contributed by atoms with Crippen molar-refractivity contribution in [1.82, 2.24) is 15.6 Å². The second-order valence-electron chi connectivity index (χ2n) is 6.28. The summed E-state index contributed by atoms with van der Waals surface area (Å²) in [6, 6.07) is 4.41. The maximum Gasteiger partial charge on any atom is 0.221 e. The zero-order valence-electron chi connectivity index (χ0n) is 13.6. The number of hydrogen-bond donors (Lipinski definition) is 2. The number of pyridine rings is 1. The third-order valence-corrected chi connectivity index (χ3v) is 5.54.